The van der Waals surface area contributed by atoms with Crippen LogP contribution in [0.4, 0.5) is 0 Å². The van der Waals surface area contributed by atoms with Gasteiger partial charge in [-0.3, -0.25) is 4.90 Å². The van der Waals surface area contributed by atoms with Crippen LogP contribution < -0.4 is 10.6 Å². The van der Waals surface area contributed by atoms with Gasteiger partial charge in [-0.25, -0.2) is 4.99 Å². The van der Waals surface area contributed by atoms with Crippen molar-refractivity contribution in [3.05, 3.63) is 70.2 Å². The van der Waals surface area contributed by atoms with Gasteiger partial charge in [-0.05, 0) is 35.7 Å². The summed E-state index contributed by atoms with van der Waals surface area (Å²) < 4.78 is 5.43. The van der Waals surface area contributed by atoms with E-state index in [2.05, 4.69) is 46.7 Å². The predicted octanol–water partition coefficient (Wildman–Crippen LogP) is 3.43. The maximum Gasteiger partial charge on any atom is 0.191 e. The highest BCUT2D eigenvalue weighted by Gasteiger charge is 2.10. The average molecular weight is 401 g/mol. The third-order valence-electron chi connectivity index (χ3n) is 4.64. The van der Waals surface area contributed by atoms with E-state index in [1.165, 1.54) is 16.7 Å². The minimum Gasteiger partial charge on any atom is -0.379 e. The number of guanidine groups is 1. The monoisotopic (exact) mass is 400 g/mol. The molecule has 2 aromatic rings. The molecule has 0 saturated carbocycles. The molecule has 3 rings (SSSR count). The molecular formula is C22H29ClN4O. The molecule has 28 heavy (non-hydrogen) atoms. The number of hydrogen-bond acceptors (Lipinski definition) is 3. The minimum absolute atomic E-state index is 0.646. The van der Waals surface area contributed by atoms with Gasteiger partial charge in [0.1, 0.15) is 0 Å². The molecule has 1 heterocycles. The normalized spacial score (nSPS) is 15.4. The van der Waals surface area contributed by atoms with Crippen LogP contribution in [0.1, 0.15) is 23.6 Å². The lowest BCUT2D eigenvalue weighted by atomic mass is 10.1. The van der Waals surface area contributed by atoms with Crippen molar-refractivity contribution in [2.75, 3.05) is 32.8 Å². The zero-order valence-corrected chi connectivity index (χ0v) is 17.2. The summed E-state index contributed by atoms with van der Waals surface area (Å²) in [5.74, 6) is 0.816. The molecule has 6 heteroatoms. The molecule has 0 aliphatic carbocycles. The van der Waals surface area contributed by atoms with Crippen LogP contribution in [0, 0.1) is 0 Å². The summed E-state index contributed by atoms with van der Waals surface area (Å²) in [6, 6.07) is 16.5. The predicted molar refractivity (Wildman–Crippen MR) is 116 cm³/mol. The summed E-state index contributed by atoms with van der Waals surface area (Å²) >= 11 is 5.95. The molecule has 1 aliphatic rings. The Bertz CT molecular complexity index is 757. The Hall–Kier alpha value is -2.08. The maximum absolute atomic E-state index is 5.95. The van der Waals surface area contributed by atoms with Crippen LogP contribution in [0.3, 0.4) is 0 Å². The van der Waals surface area contributed by atoms with Crippen molar-refractivity contribution < 1.29 is 4.74 Å². The third kappa shape index (κ3) is 6.82. The summed E-state index contributed by atoms with van der Waals surface area (Å²) in [7, 11) is 0. The van der Waals surface area contributed by atoms with Crippen molar-refractivity contribution in [3.8, 4) is 0 Å². The Morgan fingerprint density at radius 2 is 1.79 bits per heavy atom. The van der Waals surface area contributed by atoms with Crippen molar-refractivity contribution in [2.45, 2.75) is 26.6 Å². The third-order valence-corrected chi connectivity index (χ3v) is 4.89. The number of ether oxygens (including phenoxy) is 1. The fourth-order valence-corrected chi connectivity index (χ4v) is 3.27. The highest BCUT2D eigenvalue weighted by molar-refractivity contribution is 6.30. The van der Waals surface area contributed by atoms with Crippen LogP contribution >= 0.6 is 11.6 Å². The number of rotatable bonds is 7. The Labute approximate surface area is 172 Å². The molecule has 0 radical (unpaired) electrons. The first-order valence-corrected chi connectivity index (χ1v) is 10.3. The molecule has 0 bridgehead atoms. The van der Waals surface area contributed by atoms with Crippen molar-refractivity contribution >= 4 is 17.6 Å². The second kappa shape index (κ2) is 11.1. The van der Waals surface area contributed by atoms with E-state index < -0.39 is 0 Å². The number of halogens is 1. The number of hydrogen-bond donors (Lipinski definition) is 2. The molecule has 1 aliphatic heterocycles. The second-order valence-electron chi connectivity index (χ2n) is 6.88. The van der Waals surface area contributed by atoms with Crippen LogP contribution in [0.5, 0.6) is 0 Å². The van der Waals surface area contributed by atoms with Gasteiger partial charge in [-0.2, -0.15) is 0 Å². The summed E-state index contributed by atoms with van der Waals surface area (Å²) in [4.78, 5) is 7.17. The minimum atomic E-state index is 0.646. The van der Waals surface area contributed by atoms with Crippen LogP contribution in [0.15, 0.2) is 53.5 Å². The van der Waals surface area contributed by atoms with Crippen LogP contribution in [-0.4, -0.2) is 43.7 Å². The van der Waals surface area contributed by atoms with Gasteiger partial charge in [0.15, 0.2) is 5.96 Å². The van der Waals surface area contributed by atoms with E-state index in [4.69, 9.17) is 21.3 Å². The first-order valence-electron chi connectivity index (χ1n) is 9.87. The van der Waals surface area contributed by atoms with Crippen LogP contribution in [-0.2, 0) is 24.4 Å². The highest BCUT2D eigenvalue weighted by Crippen LogP contribution is 2.11. The number of benzene rings is 2. The molecular weight excluding hydrogens is 372 g/mol. The number of nitrogens with zero attached hydrogens (tertiary/aromatic N) is 2. The van der Waals surface area contributed by atoms with E-state index >= 15 is 0 Å². The molecule has 0 atom stereocenters. The molecule has 2 aromatic carbocycles. The molecule has 0 amide bonds. The maximum atomic E-state index is 5.95. The zero-order chi connectivity index (χ0) is 19.6. The molecule has 150 valence electrons. The van der Waals surface area contributed by atoms with Gasteiger partial charge in [-0.1, -0.05) is 48.0 Å². The van der Waals surface area contributed by atoms with Gasteiger partial charge in [0.2, 0.25) is 0 Å². The van der Waals surface area contributed by atoms with E-state index in [1.54, 1.807) is 0 Å². The van der Waals surface area contributed by atoms with Crippen molar-refractivity contribution in [1.82, 2.24) is 15.5 Å². The van der Waals surface area contributed by atoms with Crippen molar-refractivity contribution in [1.29, 1.82) is 0 Å². The molecule has 0 spiro atoms. The quantitative estimate of drug-likeness (QED) is 0.552. The summed E-state index contributed by atoms with van der Waals surface area (Å²) in [5.41, 5.74) is 3.71. The summed E-state index contributed by atoms with van der Waals surface area (Å²) in [6.07, 6.45) is 0. The van der Waals surface area contributed by atoms with Gasteiger partial charge >= 0.3 is 0 Å². The Morgan fingerprint density at radius 3 is 2.54 bits per heavy atom. The highest BCUT2D eigenvalue weighted by atomic mass is 35.5. The number of morpholine rings is 1. The molecule has 0 aromatic heterocycles. The fraction of sp³-hybridized carbons (Fsp3) is 0.409. The smallest absolute Gasteiger partial charge is 0.191 e. The lowest BCUT2D eigenvalue weighted by Crippen LogP contribution is -2.36. The van der Waals surface area contributed by atoms with E-state index in [1.807, 2.05) is 24.3 Å². The van der Waals surface area contributed by atoms with E-state index in [9.17, 15) is 0 Å². The molecule has 5 nitrogen and oxygen atoms in total. The fourth-order valence-electron chi connectivity index (χ4n) is 3.14. The lowest BCUT2D eigenvalue weighted by Gasteiger charge is -2.26. The summed E-state index contributed by atoms with van der Waals surface area (Å²) in [6.45, 7) is 8.88. The molecule has 0 unspecified atom stereocenters. The van der Waals surface area contributed by atoms with Crippen molar-refractivity contribution in [3.63, 3.8) is 0 Å². The summed E-state index contributed by atoms with van der Waals surface area (Å²) in [5, 5.41) is 7.44. The molecule has 1 fully saturated rings. The molecule has 1 saturated heterocycles. The van der Waals surface area contributed by atoms with E-state index in [-0.39, 0.29) is 0 Å². The van der Waals surface area contributed by atoms with E-state index in [0.29, 0.717) is 13.1 Å². The van der Waals surface area contributed by atoms with Gasteiger partial charge in [-0.15, -0.1) is 0 Å². The van der Waals surface area contributed by atoms with Gasteiger partial charge in [0.25, 0.3) is 0 Å². The average Bonchev–Trinajstić information content (AvgIpc) is 2.72. The van der Waals surface area contributed by atoms with Gasteiger partial charge in [0.05, 0.1) is 19.8 Å². The second-order valence-corrected chi connectivity index (χ2v) is 7.32. The topological polar surface area (TPSA) is 48.9 Å². The Morgan fingerprint density at radius 1 is 1.04 bits per heavy atom. The SMILES string of the molecule is CCNC(=NCc1cccc(CN2CCOCC2)c1)NCc1ccc(Cl)cc1. The zero-order valence-electron chi connectivity index (χ0n) is 16.5. The van der Waals surface area contributed by atoms with Gasteiger partial charge in [0, 0.05) is 37.7 Å². The standard InChI is InChI=1S/C22H29ClN4O/c1-2-24-22(25-15-18-6-8-21(23)9-7-18)26-16-19-4-3-5-20(14-19)17-27-10-12-28-13-11-27/h3-9,14H,2,10-13,15-17H2,1H3,(H2,24,25,26). The molecule has 2 N–H and O–H groups in total. The first kappa shape index (κ1) is 20.6. The number of nitrogens with one attached hydrogen (secondary N) is 2. The van der Waals surface area contributed by atoms with Crippen LogP contribution in [0.2, 0.25) is 5.02 Å². The number of aliphatic imine (C=N–C) groups is 1. The van der Waals surface area contributed by atoms with Gasteiger partial charge < -0.3 is 15.4 Å². The Balaban J connectivity index is 1.57. The van der Waals surface area contributed by atoms with E-state index in [0.717, 1.165) is 50.4 Å². The largest absolute Gasteiger partial charge is 0.379 e. The first-order chi connectivity index (χ1) is 13.7. The Kier molecular flexibility index (Phi) is 8.15. The lowest BCUT2D eigenvalue weighted by molar-refractivity contribution is 0.0342. The van der Waals surface area contributed by atoms with Crippen LogP contribution in [0.25, 0.3) is 0 Å². The van der Waals surface area contributed by atoms with Crippen molar-refractivity contribution in [2.24, 2.45) is 4.99 Å².